The molecule has 0 unspecified atom stereocenters. The van der Waals surface area contributed by atoms with Crippen molar-refractivity contribution in [2.75, 3.05) is 0 Å². The van der Waals surface area contributed by atoms with Gasteiger partial charge in [0, 0.05) is 33.4 Å². The van der Waals surface area contributed by atoms with Gasteiger partial charge in [-0.15, -0.1) is 11.3 Å². The van der Waals surface area contributed by atoms with Crippen molar-refractivity contribution in [2.45, 2.75) is 46.5 Å². The molecule has 0 fully saturated rings. The number of imidazole rings is 1. The Morgan fingerprint density at radius 1 is 0.857 bits per heavy atom. The normalized spacial score (nSPS) is 12.1. The number of fused-ring (bicyclic) bond motifs is 4. The third-order valence-electron chi connectivity index (χ3n) is 6.76. The number of benzene rings is 2. The first-order chi connectivity index (χ1) is 16.9. The van der Waals surface area contributed by atoms with E-state index in [2.05, 4.69) is 86.6 Å². The van der Waals surface area contributed by atoms with Gasteiger partial charge in [0.1, 0.15) is 10.7 Å². The van der Waals surface area contributed by atoms with E-state index in [1.54, 1.807) is 11.3 Å². The van der Waals surface area contributed by atoms with E-state index in [9.17, 15) is 0 Å². The molecule has 0 aliphatic rings. The molecule has 0 amide bonds. The average molecular weight is 477 g/mol. The van der Waals surface area contributed by atoms with Crippen LogP contribution in [0.5, 0.6) is 0 Å². The van der Waals surface area contributed by atoms with E-state index in [0.29, 0.717) is 11.8 Å². The van der Waals surface area contributed by atoms with E-state index >= 15 is 0 Å². The molecule has 6 aromatic rings. The van der Waals surface area contributed by atoms with Gasteiger partial charge in [0.2, 0.25) is 0 Å². The van der Waals surface area contributed by atoms with Crippen LogP contribution >= 0.6 is 11.3 Å². The number of pyridine rings is 2. The molecule has 0 N–H and O–H groups in total. The fourth-order valence-electron chi connectivity index (χ4n) is 5.06. The average Bonchev–Trinajstić information content (AvgIpc) is 3.41. The minimum absolute atomic E-state index is 0.373. The van der Waals surface area contributed by atoms with Crippen molar-refractivity contribution in [1.29, 1.82) is 0 Å². The molecule has 35 heavy (non-hydrogen) atoms. The second-order valence-electron chi connectivity index (χ2n) is 9.88. The van der Waals surface area contributed by atoms with Gasteiger partial charge in [0.05, 0.1) is 22.9 Å². The zero-order chi connectivity index (χ0) is 24.3. The molecular formula is C30H28N4S. The van der Waals surface area contributed by atoms with Gasteiger partial charge in [0.15, 0.2) is 0 Å². The van der Waals surface area contributed by atoms with Crippen LogP contribution in [0.2, 0.25) is 0 Å². The van der Waals surface area contributed by atoms with Crippen LogP contribution in [0, 0.1) is 6.92 Å². The molecule has 4 aromatic heterocycles. The van der Waals surface area contributed by atoms with Crippen LogP contribution in [0.3, 0.4) is 0 Å². The summed E-state index contributed by atoms with van der Waals surface area (Å²) in [6, 6.07) is 17.5. The third kappa shape index (κ3) is 3.45. The lowest BCUT2D eigenvalue weighted by atomic mass is 9.92. The molecular weight excluding hydrogens is 448 g/mol. The van der Waals surface area contributed by atoms with Gasteiger partial charge in [-0.05, 0) is 53.6 Å². The predicted octanol–water partition coefficient (Wildman–Crippen LogP) is 8.41. The van der Waals surface area contributed by atoms with Crippen molar-refractivity contribution >= 4 is 42.7 Å². The summed E-state index contributed by atoms with van der Waals surface area (Å²) in [4.78, 5) is 15.5. The standard InChI is InChI=1S/C30H28N4S/c1-17(2)20-8-6-9-21(18(3)4)27(20)34-26-16-31-13-12-25(26)33-29(34)23-11-7-10-22-24-14-19(5)15-32-30(24)35-28(22)23/h6-18H,1-5H3. The maximum Gasteiger partial charge on any atom is 0.147 e. The minimum atomic E-state index is 0.373. The number of para-hydroxylation sites is 1. The Bertz CT molecular complexity index is 1700. The van der Waals surface area contributed by atoms with Crippen molar-refractivity contribution in [1.82, 2.24) is 19.5 Å². The summed E-state index contributed by atoms with van der Waals surface area (Å²) in [6.45, 7) is 11.2. The largest absolute Gasteiger partial charge is 0.290 e. The first-order valence-corrected chi connectivity index (χ1v) is 13.0. The molecule has 0 bridgehead atoms. The van der Waals surface area contributed by atoms with Crippen LogP contribution in [0.25, 0.3) is 48.4 Å². The van der Waals surface area contributed by atoms with E-state index in [-0.39, 0.29) is 0 Å². The molecule has 174 valence electrons. The van der Waals surface area contributed by atoms with Crippen molar-refractivity contribution < 1.29 is 0 Å². The van der Waals surface area contributed by atoms with Crippen LogP contribution in [0.15, 0.2) is 67.1 Å². The summed E-state index contributed by atoms with van der Waals surface area (Å²) >= 11 is 1.75. The Hall–Kier alpha value is -3.57. The molecule has 0 aliphatic heterocycles. The van der Waals surface area contributed by atoms with Gasteiger partial charge in [-0.1, -0.05) is 58.0 Å². The number of nitrogens with zero attached hydrogens (tertiary/aromatic N) is 4. The molecule has 0 spiro atoms. The van der Waals surface area contributed by atoms with Crippen LogP contribution in [0.4, 0.5) is 0 Å². The molecule has 0 saturated carbocycles. The summed E-state index contributed by atoms with van der Waals surface area (Å²) in [7, 11) is 0. The summed E-state index contributed by atoms with van der Waals surface area (Å²) in [6.07, 6.45) is 5.73. The lowest BCUT2D eigenvalue weighted by Crippen LogP contribution is -2.08. The monoisotopic (exact) mass is 476 g/mol. The smallest absolute Gasteiger partial charge is 0.147 e. The summed E-state index contributed by atoms with van der Waals surface area (Å²) in [5, 5.41) is 2.44. The zero-order valence-corrected chi connectivity index (χ0v) is 21.5. The van der Waals surface area contributed by atoms with Crippen molar-refractivity contribution in [3.63, 3.8) is 0 Å². The minimum Gasteiger partial charge on any atom is -0.290 e. The van der Waals surface area contributed by atoms with Gasteiger partial charge in [0.25, 0.3) is 0 Å². The van der Waals surface area contributed by atoms with Crippen molar-refractivity contribution in [3.05, 3.63) is 83.8 Å². The van der Waals surface area contributed by atoms with E-state index in [4.69, 9.17) is 9.97 Å². The van der Waals surface area contributed by atoms with Gasteiger partial charge >= 0.3 is 0 Å². The second-order valence-corrected chi connectivity index (χ2v) is 10.9. The number of rotatable bonds is 4. The van der Waals surface area contributed by atoms with E-state index < -0.39 is 0 Å². The van der Waals surface area contributed by atoms with E-state index in [0.717, 1.165) is 27.3 Å². The summed E-state index contributed by atoms with van der Waals surface area (Å²) in [5.74, 6) is 1.70. The fourth-order valence-corrected chi connectivity index (χ4v) is 6.20. The fraction of sp³-hybridized carbons (Fsp3) is 0.233. The van der Waals surface area contributed by atoms with Crippen LogP contribution in [-0.4, -0.2) is 19.5 Å². The SMILES string of the molecule is Cc1cnc2sc3c(-c4nc5ccncc5n4-c4c(C(C)C)cccc4C(C)C)cccc3c2c1. The molecule has 0 atom stereocenters. The summed E-state index contributed by atoms with van der Waals surface area (Å²) < 4.78 is 3.57. The molecule has 0 aliphatic carbocycles. The van der Waals surface area contributed by atoms with Gasteiger partial charge in [-0.2, -0.15) is 0 Å². The molecule has 2 aromatic carbocycles. The Labute approximate surface area is 209 Å². The quantitative estimate of drug-likeness (QED) is 0.256. The second kappa shape index (κ2) is 8.28. The van der Waals surface area contributed by atoms with Gasteiger partial charge in [-0.3, -0.25) is 9.55 Å². The predicted molar refractivity (Wildman–Crippen MR) is 148 cm³/mol. The Kier molecular flexibility index (Phi) is 5.19. The van der Waals surface area contributed by atoms with Gasteiger partial charge in [-0.25, -0.2) is 9.97 Å². The molecule has 4 nitrogen and oxygen atoms in total. The maximum atomic E-state index is 5.21. The molecule has 4 heterocycles. The molecule has 0 saturated heterocycles. The van der Waals surface area contributed by atoms with Crippen molar-refractivity contribution in [3.8, 4) is 17.1 Å². The Morgan fingerprint density at radius 3 is 2.34 bits per heavy atom. The van der Waals surface area contributed by atoms with E-state index in [1.807, 2.05) is 24.7 Å². The third-order valence-corrected chi connectivity index (χ3v) is 7.92. The van der Waals surface area contributed by atoms with Crippen LogP contribution < -0.4 is 0 Å². The highest BCUT2D eigenvalue weighted by atomic mass is 32.1. The molecule has 0 radical (unpaired) electrons. The lowest BCUT2D eigenvalue weighted by molar-refractivity contribution is 0.811. The molecule has 6 rings (SSSR count). The molecule has 5 heteroatoms. The van der Waals surface area contributed by atoms with Crippen LogP contribution in [-0.2, 0) is 0 Å². The zero-order valence-electron chi connectivity index (χ0n) is 20.7. The summed E-state index contributed by atoms with van der Waals surface area (Å²) in [5.41, 5.74) is 8.17. The Balaban J connectivity index is 1.76. The number of thiophene rings is 1. The van der Waals surface area contributed by atoms with Gasteiger partial charge < -0.3 is 0 Å². The highest BCUT2D eigenvalue weighted by Crippen LogP contribution is 2.42. The topological polar surface area (TPSA) is 43.6 Å². The number of hydrogen-bond donors (Lipinski definition) is 0. The van der Waals surface area contributed by atoms with Crippen LogP contribution in [0.1, 0.15) is 56.2 Å². The number of hydrogen-bond acceptors (Lipinski definition) is 4. The first kappa shape index (κ1) is 21.9. The highest BCUT2D eigenvalue weighted by Gasteiger charge is 2.23. The lowest BCUT2D eigenvalue weighted by Gasteiger charge is -2.22. The number of aryl methyl sites for hydroxylation is 1. The van der Waals surface area contributed by atoms with Crippen molar-refractivity contribution in [2.24, 2.45) is 0 Å². The number of aromatic nitrogens is 4. The maximum absolute atomic E-state index is 5.21. The van der Waals surface area contributed by atoms with E-state index in [1.165, 1.54) is 37.9 Å². The highest BCUT2D eigenvalue weighted by molar-refractivity contribution is 7.26. The first-order valence-electron chi connectivity index (χ1n) is 12.2. The Morgan fingerprint density at radius 2 is 1.60 bits per heavy atom.